The molecule has 0 aliphatic heterocycles. The van der Waals surface area contributed by atoms with Gasteiger partial charge in [0.15, 0.2) is 0 Å². The number of fused-ring (bicyclic) bond motifs is 1. The van der Waals surface area contributed by atoms with E-state index in [1.807, 2.05) is 18.2 Å². The second kappa shape index (κ2) is 4.47. The van der Waals surface area contributed by atoms with E-state index >= 15 is 0 Å². The second-order valence-corrected chi connectivity index (χ2v) is 6.00. The largest absolute Gasteiger partial charge is 0.478 e. The molecule has 2 aromatic carbocycles. The third kappa shape index (κ3) is 1.78. The molecule has 3 heteroatoms. The van der Waals surface area contributed by atoms with Gasteiger partial charge in [-0.1, -0.05) is 36.4 Å². The lowest BCUT2D eigenvalue weighted by Crippen LogP contribution is -2.08. The van der Waals surface area contributed by atoms with Crippen molar-refractivity contribution in [3.8, 4) is 0 Å². The lowest BCUT2D eigenvalue weighted by atomic mass is 9.87. The van der Waals surface area contributed by atoms with Crippen molar-refractivity contribution in [2.45, 2.75) is 25.2 Å². The molecule has 0 spiro atoms. The number of rotatable bonds is 3. The molecule has 1 saturated carbocycles. The minimum absolute atomic E-state index is 0.0381. The fraction of sp³-hybridized carbons (Fsp3) is 0.211. The van der Waals surface area contributed by atoms with Crippen LogP contribution >= 0.6 is 0 Å². The van der Waals surface area contributed by atoms with E-state index in [-0.39, 0.29) is 11.0 Å². The lowest BCUT2D eigenvalue weighted by molar-refractivity contribution is 0.0697. The van der Waals surface area contributed by atoms with Crippen LogP contribution < -0.4 is 0 Å². The number of benzene rings is 2. The van der Waals surface area contributed by atoms with Crippen molar-refractivity contribution in [1.29, 1.82) is 0 Å². The smallest absolute Gasteiger partial charge is 0.339 e. The summed E-state index contributed by atoms with van der Waals surface area (Å²) >= 11 is 0. The van der Waals surface area contributed by atoms with Gasteiger partial charge in [0.05, 0.1) is 0 Å². The first kappa shape index (κ1) is 13.1. The fourth-order valence-corrected chi connectivity index (χ4v) is 3.41. The standard InChI is InChI=1S/C19H16O3/c1-12-17(18(20)21)15-11-14(7-8-16(15)22-12)19(9-10-19)13-5-3-2-4-6-13/h2-8,11H,9-10H2,1H3,(H,20,21). The molecule has 22 heavy (non-hydrogen) atoms. The molecule has 1 N–H and O–H groups in total. The van der Waals surface area contributed by atoms with Crippen LogP contribution in [0, 0.1) is 6.92 Å². The summed E-state index contributed by atoms with van der Waals surface area (Å²) in [6, 6.07) is 16.4. The van der Waals surface area contributed by atoms with Crippen molar-refractivity contribution >= 4 is 16.9 Å². The van der Waals surface area contributed by atoms with Crippen LogP contribution in [-0.2, 0) is 5.41 Å². The molecule has 0 radical (unpaired) electrons. The van der Waals surface area contributed by atoms with Gasteiger partial charge in [-0.25, -0.2) is 4.79 Å². The highest BCUT2D eigenvalue weighted by atomic mass is 16.4. The van der Waals surface area contributed by atoms with E-state index in [0.29, 0.717) is 16.7 Å². The van der Waals surface area contributed by atoms with Gasteiger partial charge in [-0.3, -0.25) is 0 Å². The highest BCUT2D eigenvalue weighted by molar-refractivity contribution is 6.03. The van der Waals surface area contributed by atoms with Gasteiger partial charge >= 0.3 is 5.97 Å². The summed E-state index contributed by atoms with van der Waals surface area (Å²) in [7, 11) is 0. The van der Waals surface area contributed by atoms with E-state index in [1.54, 1.807) is 6.92 Å². The molecule has 0 bridgehead atoms. The summed E-state index contributed by atoms with van der Waals surface area (Å²) < 4.78 is 5.57. The van der Waals surface area contributed by atoms with Gasteiger partial charge in [0, 0.05) is 10.8 Å². The molecule has 1 heterocycles. The maximum atomic E-state index is 11.5. The van der Waals surface area contributed by atoms with Crippen molar-refractivity contribution in [2.75, 3.05) is 0 Å². The molecule has 0 amide bonds. The molecule has 0 saturated heterocycles. The molecule has 1 aliphatic carbocycles. The number of aromatic carboxylic acids is 1. The first-order valence-corrected chi connectivity index (χ1v) is 7.44. The van der Waals surface area contributed by atoms with Gasteiger partial charge in [0.1, 0.15) is 16.9 Å². The van der Waals surface area contributed by atoms with E-state index < -0.39 is 5.97 Å². The molecule has 3 nitrogen and oxygen atoms in total. The van der Waals surface area contributed by atoms with Crippen LogP contribution in [0.4, 0.5) is 0 Å². The van der Waals surface area contributed by atoms with Crippen LogP contribution in [0.25, 0.3) is 11.0 Å². The third-order valence-electron chi connectivity index (χ3n) is 4.71. The van der Waals surface area contributed by atoms with Crippen molar-refractivity contribution in [3.63, 3.8) is 0 Å². The van der Waals surface area contributed by atoms with Gasteiger partial charge < -0.3 is 9.52 Å². The van der Waals surface area contributed by atoms with Crippen molar-refractivity contribution < 1.29 is 14.3 Å². The molecule has 0 unspecified atom stereocenters. The first-order valence-electron chi connectivity index (χ1n) is 7.44. The van der Waals surface area contributed by atoms with Gasteiger partial charge in [-0.05, 0) is 43.0 Å². The Labute approximate surface area is 128 Å². The minimum Gasteiger partial charge on any atom is -0.478 e. The van der Waals surface area contributed by atoms with Gasteiger partial charge in [0.25, 0.3) is 0 Å². The van der Waals surface area contributed by atoms with Gasteiger partial charge in [0.2, 0.25) is 0 Å². The Bertz CT molecular complexity index is 870. The molecule has 1 aromatic heterocycles. The van der Waals surface area contributed by atoms with Crippen molar-refractivity contribution in [1.82, 2.24) is 0 Å². The third-order valence-corrected chi connectivity index (χ3v) is 4.71. The van der Waals surface area contributed by atoms with E-state index in [2.05, 4.69) is 30.3 Å². The normalized spacial score (nSPS) is 15.9. The molecule has 110 valence electrons. The Morgan fingerprint density at radius 2 is 1.82 bits per heavy atom. The zero-order chi connectivity index (χ0) is 15.3. The predicted octanol–water partition coefficient (Wildman–Crippen LogP) is 4.52. The average Bonchev–Trinajstić information content (AvgIpc) is 3.25. The van der Waals surface area contributed by atoms with E-state index in [1.165, 1.54) is 11.1 Å². The Hall–Kier alpha value is -2.55. The number of carboxylic acid groups (broad SMARTS) is 1. The highest BCUT2D eigenvalue weighted by Gasteiger charge is 2.45. The number of carbonyl (C=O) groups is 1. The molecule has 3 aromatic rings. The van der Waals surface area contributed by atoms with E-state index in [4.69, 9.17) is 4.42 Å². The molecule has 0 atom stereocenters. The number of furan rings is 1. The molecule has 4 rings (SSSR count). The minimum atomic E-state index is -0.932. The number of hydrogen-bond donors (Lipinski definition) is 1. The van der Waals surface area contributed by atoms with E-state index in [9.17, 15) is 9.90 Å². The van der Waals surface area contributed by atoms with Crippen LogP contribution in [-0.4, -0.2) is 11.1 Å². The number of hydrogen-bond acceptors (Lipinski definition) is 2. The zero-order valence-corrected chi connectivity index (χ0v) is 12.3. The zero-order valence-electron chi connectivity index (χ0n) is 12.3. The molecule has 1 fully saturated rings. The van der Waals surface area contributed by atoms with Crippen LogP contribution in [0.15, 0.2) is 52.9 Å². The lowest BCUT2D eigenvalue weighted by Gasteiger charge is -2.16. The van der Waals surface area contributed by atoms with Crippen molar-refractivity contribution in [2.24, 2.45) is 0 Å². The Morgan fingerprint density at radius 3 is 2.45 bits per heavy atom. The van der Waals surface area contributed by atoms with Crippen molar-refractivity contribution in [3.05, 3.63) is 71.0 Å². The summed E-state index contributed by atoms with van der Waals surface area (Å²) in [5.41, 5.74) is 3.43. The fourth-order valence-electron chi connectivity index (χ4n) is 3.41. The molecule has 1 aliphatic rings. The first-order chi connectivity index (χ1) is 10.6. The van der Waals surface area contributed by atoms with Crippen LogP contribution in [0.3, 0.4) is 0 Å². The number of carboxylic acids is 1. The number of aryl methyl sites for hydroxylation is 1. The summed E-state index contributed by atoms with van der Waals surface area (Å²) in [5, 5.41) is 10.1. The Kier molecular flexibility index (Phi) is 2.67. The SMILES string of the molecule is Cc1oc2ccc(C3(c4ccccc4)CC3)cc2c1C(=O)O. The summed E-state index contributed by atoms with van der Waals surface area (Å²) in [6.07, 6.45) is 2.20. The molecular formula is C19H16O3. The second-order valence-electron chi connectivity index (χ2n) is 6.00. The highest BCUT2D eigenvalue weighted by Crippen LogP contribution is 2.54. The predicted molar refractivity (Wildman–Crippen MR) is 84.4 cm³/mol. The summed E-state index contributed by atoms with van der Waals surface area (Å²) in [5.74, 6) is -0.470. The monoisotopic (exact) mass is 292 g/mol. The van der Waals surface area contributed by atoms with Crippen LogP contribution in [0.2, 0.25) is 0 Å². The summed E-state index contributed by atoms with van der Waals surface area (Å²) in [4.78, 5) is 11.5. The maximum absolute atomic E-state index is 11.5. The molecular weight excluding hydrogens is 276 g/mol. The van der Waals surface area contributed by atoms with Crippen LogP contribution in [0.5, 0.6) is 0 Å². The van der Waals surface area contributed by atoms with Gasteiger partial charge in [-0.15, -0.1) is 0 Å². The van der Waals surface area contributed by atoms with Crippen LogP contribution in [0.1, 0.15) is 40.1 Å². The average molecular weight is 292 g/mol. The summed E-state index contributed by atoms with van der Waals surface area (Å²) in [6.45, 7) is 1.70. The Balaban J connectivity index is 1.90. The van der Waals surface area contributed by atoms with Gasteiger partial charge in [-0.2, -0.15) is 0 Å². The topological polar surface area (TPSA) is 50.4 Å². The quantitative estimate of drug-likeness (QED) is 0.772. The Morgan fingerprint density at radius 1 is 1.09 bits per heavy atom. The van der Waals surface area contributed by atoms with E-state index in [0.717, 1.165) is 12.8 Å². The maximum Gasteiger partial charge on any atom is 0.339 e.